The number of aliphatic hydroxyl groups excluding tert-OH is 1. The van der Waals surface area contributed by atoms with Crippen molar-refractivity contribution in [2.24, 2.45) is 17.3 Å². The Hall–Kier alpha value is -4.61. The molecule has 3 aromatic carbocycles. The molecule has 0 radical (unpaired) electrons. The van der Waals surface area contributed by atoms with E-state index in [2.05, 4.69) is 44.3 Å². The van der Waals surface area contributed by atoms with E-state index in [1.807, 2.05) is 66.7 Å². The lowest BCUT2D eigenvalue weighted by molar-refractivity contribution is -0.172. The number of fused-ring (bicyclic) bond motifs is 4. The van der Waals surface area contributed by atoms with E-state index >= 15 is 0 Å². The van der Waals surface area contributed by atoms with E-state index < -0.39 is 36.1 Å². The summed E-state index contributed by atoms with van der Waals surface area (Å²) >= 11 is 0. The van der Waals surface area contributed by atoms with E-state index in [0.29, 0.717) is 47.3 Å². The Morgan fingerprint density at radius 3 is 2.35 bits per heavy atom. The zero-order valence-electron chi connectivity index (χ0n) is 35.2. The topological polar surface area (TPSA) is 127 Å². The summed E-state index contributed by atoms with van der Waals surface area (Å²) in [6.07, 6.45) is 9.35. The Balaban J connectivity index is 0.946. The number of ether oxygens (including phenoxy) is 4. The van der Waals surface area contributed by atoms with Gasteiger partial charge in [-0.25, -0.2) is 4.79 Å². The third-order valence-electron chi connectivity index (χ3n) is 14.4. The molecule has 8 atom stereocenters. The first-order chi connectivity index (χ1) is 28.8. The number of nitrogens with one attached hydrogen (secondary N) is 1. The monoisotopic (exact) mass is 814 g/mol. The van der Waals surface area contributed by atoms with Crippen molar-refractivity contribution in [2.45, 2.75) is 120 Å². The summed E-state index contributed by atoms with van der Waals surface area (Å²) in [7, 11) is 1.61. The molecular formula is C50H58N2O8. The highest BCUT2D eigenvalue weighted by atomic mass is 16.8. The lowest BCUT2D eigenvalue weighted by atomic mass is 9.52. The number of rotatable bonds is 10. The van der Waals surface area contributed by atoms with Crippen molar-refractivity contribution in [2.75, 3.05) is 20.2 Å². The van der Waals surface area contributed by atoms with Crippen molar-refractivity contribution < 1.29 is 38.4 Å². The van der Waals surface area contributed by atoms with E-state index in [1.54, 1.807) is 13.1 Å². The number of esters is 1. The maximum atomic E-state index is 14.4. The molecule has 2 amide bonds. The average Bonchev–Trinajstić information content (AvgIpc) is 3.52. The number of likely N-dealkylation sites (N-methyl/N-ethyl adjacent to an activating group) is 1. The molecule has 2 saturated heterocycles. The molecule has 1 spiro atoms. The summed E-state index contributed by atoms with van der Waals surface area (Å²) < 4.78 is 26.0. The second-order valence-corrected chi connectivity index (χ2v) is 18.9. The molecular weight excluding hydrogens is 757 g/mol. The number of carbonyl (C=O) groups is 3. The van der Waals surface area contributed by atoms with Crippen molar-refractivity contribution in [3.63, 3.8) is 0 Å². The first-order valence-corrected chi connectivity index (χ1v) is 21.9. The van der Waals surface area contributed by atoms with Crippen LogP contribution in [0.1, 0.15) is 91.9 Å². The van der Waals surface area contributed by atoms with Gasteiger partial charge in [-0.2, -0.15) is 0 Å². The molecule has 2 aliphatic heterocycles. The molecule has 2 saturated carbocycles. The Morgan fingerprint density at radius 1 is 0.933 bits per heavy atom. The molecule has 4 fully saturated rings. The molecule has 316 valence electrons. The van der Waals surface area contributed by atoms with Crippen molar-refractivity contribution in [1.82, 2.24) is 10.2 Å². The lowest BCUT2D eigenvalue weighted by Gasteiger charge is -2.53. The molecule has 60 heavy (non-hydrogen) atoms. The van der Waals surface area contributed by atoms with Crippen LogP contribution in [0.5, 0.6) is 0 Å². The van der Waals surface area contributed by atoms with Crippen molar-refractivity contribution in [3.8, 4) is 0 Å². The Bertz CT molecular complexity index is 2160. The van der Waals surface area contributed by atoms with Gasteiger partial charge in [-0.15, -0.1) is 0 Å². The molecule has 2 N–H and O–H groups in total. The number of nitrogens with zero attached hydrogens (tertiary/aromatic N) is 1. The van der Waals surface area contributed by atoms with E-state index in [9.17, 15) is 19.5 Å². The van der Waals surface area contributed by atoms with Gasteiger partial charge < -0.3 is 34.3 Å². The molecule has 0 bridgehead atoms. The normalized spacial score (nSPS) is 30.5. The quantitative estimate of drug-likeness (QED) is 0.170. The molecule has 3 aromatic rings. The summed E-state index contributed by atoms with van der Waals surface area (Å²) in [5.74, 6) is -0.981. The Kier molecular flexibility index (Phi) is 10.9. The molecule has 9 rings (SSSR count). The highest BCUT2D eigenvalue weighted by molar-refractivity contribution is 5.97. The van der Waals surface area contributed by atoms with E-state index in [1.165, 1.54) is 23.3 Å². The van der Waals surface area contributed by atoms with Crippen molar-refractivity contribution >= 4 is 23.9 Å². The first-order valence-electron chi connectivity index (χ1n) is 21.9. The largest absolute Gasteiger partial charge is 0.456 e. The van der Waals surface area contributed by atoms with E-state index in [0.717, 1.165) is 41.5 Å². The number of amides is 2. The van der Waals surface area contributed by atoms with Gasteiger partial charge in [0, 0.05) is 44.8 Å². The van der Waals surface area contributed by atoms with Crippen LogP contribution < -0.4 is 5.32 Å². The van der Waals surface area contributed by atoms with Gasteiger partial charge >= 0.3 is 5.97 Å². The smallest absolute Gasteiger partial charge is 0.338 e. The predicted molar refractivity (Wildman–Crippen MR) is 227 cm³/mol. The van der Waals surface area contributed by atoms with Gasteiger partial charge in [0.25, 0.3) is 0 Å². The highest BCUT2D eigenvalue weighted by Gasteiger charge is 2.57. The van der Waals surface area contributed by atoms with Crippen LogP contribution in [0.15, 0.2) is 96.1 Å². The van der Waals surface area contributed by atoms with Gasteiger partial charge in [0.2, 0.25) is 11.8 Å². The van der Waals surface area contributed by atoms with Crippen LogP contribution in [0.25, 0.3) is 6.08 Å². The predicted octanol–water partition coefficient (Wildman–Crippen LogP) is 6.78. The molecule has 10 heteroatoms. The fraction of sp³-hybridized carbons (Fsp3) is 0.500. The summed E-state index contributed by atoms with van der Waals surface area (Å²) in [5.41, 5.74) is 6.87. The van der Waals surface area contributed by atoms with Gasteiger partial charge in [-0.1, -0.05) is 92.2 Å². The van der Waals surface area contributed by atoms with Crippen LogP contribution in [0.3, 0.4) is 0 Å². The molecule has 1 unspecified atom stereocenters. The molecule has 2 heterocycles. The van der Waals surface area contributed by atoms with E-state index in [4.69, 9.17) is 18.9 Å². The van der Waals surface area contributed by atoms with E-state index in [-0.39, 0.29) is 43.4 Å². The number of aliphatic hydroxyl groups is 1. The maximum Gasteiger partial charge on any atom is 0.338 e. The van der Waals surface area contributed by atoms with Crippen LogP contribution in [0.2, 0.25) is 0 Å². The minimum absolute atomic E-state index is 0.0338. The molecule has 4 aliphatic carbocycles. The van der Waals surface area contributed by atoms with Gasteiger partial charge in [0.15, 0.2) is 5.79 Å². The molecule has 10 nitrogen and oxygen atoms in total. The van der Waals surface area contributed by atoms with Crippen LogP contribution >= 0.6 is 0 Å². The number of epoxide rings is 1. The third kappa shape index (κ3) is 7.99. The minimum atomic E-state index is -0.950. The SMILES string of the molecule is CN(C(=O)C1=C[C@H]2OC3(Cc4ccccc4C3)O[C@H]2[C@H](OC(=O)c2ccc(C=C3CCC4O[C@]4(C)CC[C@@H]4[C@@H]3CC4(C)C)cc2)C1)[C@H](Cc1ccccc1)C(=O)NCCO. The second kappa shape index (κ2) is 16.0. The van der Waals surface area contributed by atoms with Gasteiger partial charge in [0.05, 0.1) is 23.9 Å². The lowest BCUT2D eigenvalue weighted by Crippen LogP contribution is -2.51. The van der Waals surface area contributed by atoms with Crippen molar-refractivity contribution in [3.05, 3.63) is 124 Å². The molecule has 6 aliphatic rings. The standard InChI is InChI=1S/C50H58N2O8/c1-48(2)30-38-34(18-19-43-49(3,59-43)21-20-39(38)48)24-32-14-16-33(17-15-32)47(56)57-41-26-37(27-42-44(41)60-50(58-42)28-35-12-8-9-13-36(35)29-50)46(55)52(4)40(45(54)51-22-23-53)25-31-10-6-5-7-11-31/h5-17,24,27,38-44,53H,18-23,25-26,28-30H2,1-4H3,(H,51,54)/t38-,39-,40-,41-,42-,43?,44+,49-/m1/s1. The number of hydrogen-bond acceptors (Lipinski definition) is 8. The number of carbonyl (C=O) groups excluding carboxylic acids is 3. The van der Waals surface area contributed by atoms with Gasteiger partial charge in [-0.05, 0) is 96.7 Å². The third-order valence-corrected chi connectivity index (χ3v) is 14.4. The summed E-state index contributed by atoms with van der Waals surface area (Å²) in [4.78, 5) is 43.4. The summed E-state index contributed by atoms with van der Waals surface area (Å²) in [5, 5.41) is 12.2. The fourth-order valence-electron chi connectivity index (χ4n) is 10.9. The number of allylic oxidation sites excluding steroid dienone is 1. The Labute approximate surface area is 353 Å². The fourth-order valence-corrected chi connectivity index (χ4v) is 10.9. The molecule has 0 aromatic heterocycles. The van der Waals surface area contributed by atoms with Gasteiger partial charge in [0.1, 0.15) is 24.4 Å². The minimum Gasteiger partial charge on any atom is -0.456 e. The van der Waals surface area contributed by atoms with Crippen molar-refractivity contribution in [1.29, 1.82) is 0 Å². The summed E-state index contributed by atoms with van der Waals surface area (Å²) in [6.45, 7) is 6.92. The zero-order valence-corrected chi connectivity index (χ0v) is 35.2. The highest BCUT2D eigenvalue weighted by Crippen LogP contribution is 2.60. The first kappa shape index (κ1) is 40.8. The second-order valence-electron chi connectivity index (χ2n) is 18.9. The number of hydrogen-bond donors (Lipinski definition) is 2. The van der Waals surface area contributed by atoms with Gasteiger partial charge in [-0.3, -0.25) is 9.59 Å². The number of benzene rings is 3. The van der Waals surface area contributed by atoms with Crippen LogP contribution in [0.4, 0.5) is 0 Å². The Morgan fingerprint density at radius 2 is 1.65 bits per heavy atom. The average molecular weight is 815 g/mol. The van der Waals surface area contributed by atoms with Crippen LogP contribution in [-0.2, 0) is 47.8 Å². The zero-order chi connectivity index (χ0) is 41.8. The van der Waals surface area contributed by atoms with Crippen LogP contribution in [0, 0.1) is 17.3 Å². The maximum absolute atomic E-state index is 14.4. The summed E-state index contributed by atoms with van der Waals surface area (Å²) in [6, 6.07) is 24.4. The van der Waals surface area contributed by atoms with Crippen LogP contribution in [-0.4, -0.2) is 89.8 Å².